The van der Waals surface area contributed by atoms with Crippen LogP contribution in [0.5, 0.6) is 0 Å². The first kappa shape index (κ1) is 13.5. The molecule has 100 valence electrons. The Labute approximate surface area is 112 Å². The molecule has 0 saturated carbocycles. The number of methoxy groups -OCH3 is 1. The van der Waals surface area contributed by atoms with Gasteiger partial charge in [0.1, 0.15) is 6.17 Å². The molecule has 0 aromatic carbocycles. The third-order valence-corrected chi connectivity index (χ3v) is 4.08. The molecule has 0 bridgehead atoms. The van der Waals surface area contributed by atoms with Crippen LogP contribution in [-0.2, 0) is 9.53 Å². The molecular formula is C13H20N2O2S. The van der Waals surface area contributed by atoms with E-state index in [1.807, 2.05) is 24.1 Å². The largest absolute Gasteiger partial charge is 0.380 e. The van der Waals surface area contributed by atoms with Crippen LogP contribution < -0.4 is 5.32 Å². The Bertz CT molecular complexity index is 394. The van der Waals surface area contributed by atoms with Crippen molar-refractivity contribution in [2.45, 2.75) is 38.6 Å². The maximum Gasteiger partial charge on any atom is 0.241 e. The van der Waals surface area contributed by atoms with E-state index in [1.54, 1.807) is 18.4 Å². The van der Waals surface area contributed by atoms with Crippen molar-refractivity contribution in [2.24, 2.45) is 0 Å². The van der Waals surface area contributed by atoms with Crippen LogP contribution in [0, 0.1) is 0 Å². The molecule has 1 fully saturated rings. The quantitative estimate of drug-likeness (QED) is 0.888. The molecule has 1 N–H and O–H groups in total. The second-order valence-corrected chi connectivity index (χ2v) is 5.40. The number of carbonyl (C=O) groups excluding carboxylic acids is 1. The molecule has 5 heteroatoms. The summed E-state index contributed by atoms with van der Waals surface area (Å²) in [4.78, 5) is 14.2. The first-order chi connectivity index (χ1) is 8.67. The first-order valence-electron chi connectivity index (χ1n) is 6.28. The molecule has 4 nitrogen and oxygen atoms in total. The van der Waals surface area contributed by atoms with E-state index < -0.39 is 0 Å². The Balaban J connectivity index is 2.18. The molecular weight excluding hydrogens is 248 g/mol. The van der Waals surface area contributed by atoms with Crippen LogP contribution in [0.15, 0.2) is 16.8 Å². The Kier molecular flexibility index (Phi) is 4.37. The lowest BCUT2D eigenvalue weighted by Gasteiger charge is -2.26. The molecule has 1 aliphatic rings. The van der Waals surface area contributed by atoms with Crippen molar-refractivity contribution >= 4 is 17.2 Å². The average Bonchev–Trinajstić information content (AvgIpc) is 2.99. The lowest BCUT2D eigenvalue weighted by molar-refractivity contribution is -0.131. The van der Waals surface area contributed by atoms with E-state index in [-0.39, 0.29) is 24.2 Å². The standard InChI is InChI=1S/C13H20N2O2S/c1-4-11-13(16)15(7-9(2)17-3)12(14-11)10-5-6-18-8-10/h5-6,8-9,11-12,14H,4,7H2,1-3H3. The third-order valence-electron chi connectivity index (χ3n) is 3.38. The van der Waals surface area contributed by atoms with E-state index >= 15 is 0 Å². The number of thiophene rings is 1. The van der Waals surface area contributed by atoms with E-state index in [4.69, 9.17) is 4.74 Å². The number of amides is 1. The van der Waals surface area contributed by atoms with Crippen molar-refractivity contribution < 1.29 is 9.53 Å². The molecule has 1 aromatic rings. The van der Waals surface area contributed by atoms with Gasteiger partial charge in [-0.05, 0) is 35.7 Å². The zero-order chi connectivity index (χ0) is 13.1. The van der Waals surface area contributed by atoms with Crippen LogP contribution in [-0.4, -0.2) is 36.6 Å². The van der Waals surface area contributed by atoms with Gasteiger partial charge in [0.2, 0.25) is 5.91 Å². The number of rotatable bonds is 5. The van der Waals surface area contributed by atoms with E-state index in [0.717, 1.165) is 12.0 Å². The predicted octanol–water partition coefficient (Wildman–Crippen LogP) is 1.99. The topological polar surface area (TPSA) is 41.6 Å². The number of carbonyl (C=O) groups is 1. The van der Waals surface area contributed by atoms with Gasteiger partial charge in [-0.2, -0.15) is 11.3 Å². The van der Waals surface area contributed by atoms with Crippen LogP contribution in [0.3, 0.4) is 0 Å². The SMILES string of the molecule is CCC1NC(c2ccsc2)N(CC(C)OC)C1=O. The fraction of sp³-hybridized carbons (Fsp3) is 0.615. The highest BCUT2D eigenvalue weighted by Crippen LogP contribution is 2.28. The normalized spacial score (nSPS) is 25.7. The van der Waals surface area contributed by atoms with Crippen molar-refractivity contribution in [3.05, 3.63) is 22.4 Å². The van der Waals surface area contributed by atoms with Crippen molar-refractivity contribution in [3.63, 3.8) is 0 Å². The fourth-order valence-corrected chi connectivity index (χ4v) is 2.90. The molecule has 2 heterocycles. The van der Waals surface area contributed by atoms with E-state index in [2.05, 4.69) is 16.8 Å². The summed E-state index contributed by atoms with van der Waals surface area (Å²) < 4.78 is 5.28. The van der Waals surface area contributed by atoms with Gasteiger partial charge in [-0.25, -0.2) is 0 Å². The minimum Gasteiger partial charge on any atom is -0.380 e. The minimum absolute atomic E-state index is 0.00806. The van der Waals surface area contributed by atoms with Gasteiger partial charge in [0.15, 0.2) is 0 Å². The molecule has 3 atom stereocenters. The summed E-state index contributed by atoms with van der Waals surface area (Å²) in [7, 11) is 1.68. The number of hydrogen-bond acceptors (Lipinski definition) is 4. The Hall–Kier alpha value is -0.910. The Morgan fingerprint density at radius 3 is 2.94 bits per heavy atom. The van der Waals surface area contributed by atoms with Crippen molar-refractivity contribution in [2.75, 3.05) is 13.7 Å². The number of nitrogens with one attached hydrogen (secondary N) is 1. The van der Waals surface area contributed by atoms with Crippen molar-refractivity contribution in [1.82, 2.24) is 10.2 Å². The van der Waals surface area contributed by atoms with Crippen LogP contribution >= 0.6 is 11.3 Å². The molecule has 0 aliphatic carbocycles. The highest BCUT2D eigenvalue weighted by molar-refractivity contribution is 7.07. The molecule has 2 rings (SSSR count). The fourth-order valence-electron chi connectivity index (χ4n) is 2.23. The average molecular weight is 268 g/mol. The van der Waals surface area contributed by atoms with Crippen LogP contribution in [0.1, 0.15) is 32.0 Å². The summed E-state index contributed by atoms with van der Waals surface area (Å²) in [5, 5.41) is 7.53. The summed E-state index contributed by atoms with van der Waals surface area (Å²) >= 11 is 1.65. The van der Waals surface area contributed by atoms with Crippen LogP contribution in [0.2, 0.25) is 0 Å². The van der Waals surface area contributed by atoms with E-state index in [0.29, 0.717) is 6.54 Å². The van der Waals surface area contributed by atoms with Gasteiger partial charge in [0.25, 0.3) is 0 Å². The molecule has 1 aliphatic heterocycles. The molecule has 3 unspecified atom stereocenters. The molecule has 1 amide bonds. The smallest absolute Gasteiger partial charge is 0.241 e. The van der Waals surface area contributed by atoms with Gasteiger partial charge in [-0.1, -0.05) is 6.92 Å². The number of nitrogens with zero attached hydrogens (tertiary/aromatic N) is 1. The van der Waals surface area contributed by atoms with Gasteiger partial charge >= 0.3 is 0 Å². The van der Waals surface area contributed by atoms with Gasteiger partial charge < -0.3 is 9.64 Å². The molecule has 1 aromatic heterocycles. The van der Waals surface area contributed by atoms with Crippen molar-refractivity contribution in [3.8, 4) is 0 Å². The molecule has 18 heavy (non-hydrogen) atoms. The molecule has 0 spiro atoms. The monoisotopic (exact) mass is 268 g/mol. The summed E-state index contributed by atoms with van der Waals surface area (Å²) in [6, 6.07) is 2.00. The second kappa shape index (κ2) is 5.82. The van der Waals surface area contributed by atoms with Crippen LogP contribution in [0.25, 0.3) is 0 Å². The summed E-state index contributed by atoms with van der Waals surface area (Å²) in [6.45, 7) is 4.64. The highest BCUT2D eigenvalue weighted by atomic mass is 32.1. The molecule has 0 radical (unpaired) electrons. The lowest BCUT2D eigenvalue weighted by Crippen LogP contribution is -2.36. The first-order valence-corrected chi connectivity index (χ1v) is 7.23. The Morgan fingerprint density at radius 1 is 1.61 bits per heavy atom. The highest BCUT2D eigenvalue weighted by Gasteiger charge is 2.39. The maximum absolute atomic E-state index is 12.3. The molecule has 1 saturated heterocycles. The zero-order valence-electron chi connectivity index (χ0n) is 11.1. The predicted molar refractivity (Wildman–Crippen MR) is 72.5 cm³/mol. The summed E-state index contributed by atoms with van der Waals surface area (Å²) in [6.07, 6.45) is 0.857. The Morgan fingerprint density at radius 2 is 2.39 bits per heavy atom. The van der Waals surface area contributed by atoms with Gasteiger partial charge in [-0.3, -0.25) is 10.1 Å². The second-order valence-electron chi connectivity index (χ2n) is 4.62. The zero-order valence-corrected chi connectivity index (χ0v) is 11.9. The van der Waals surface area contributed by atoms with E-state index in [9.17, 15) is 4.79 Å². The maximum atomic E-state index is 12.3. The third kappa shape index (κ3) is 2.58. The van der Waals surface area contributed by atoms with Crippen LogP contribution in [0.4, 0.5) is 0 Å². The number of ether oxygens (including phenoxy) is 1. The van der Waals surface area contributed by atoms with Gasteiger partial charge in [0, 0.05) is 13.7 Å². The van der Waals surface area contributed by atoms with E-state index in [1.165, 1.54) is 0 Å². The van der Waals surface area contributed by atoms with Crippen molar-refractivity contribution in [1.29, 1.82) is 0 Å². The lowest BCUT2D eigenvalue weighted by atomic mass is 10.2. The summed E-state index contributed by atoms with van der Waals surface area (Å²) in [5.74, 6) is 0.178. The number of hydrogen-bond donors (Lipinski definition) is 1. The summed E-state index contributed by atoms with van der Waals surface area (Å²) in [5.41, 5.74) is 1.16. The van der Waals surface area contributed by atoms with Gasteiger partial charge in [0.05, 0.1) is 12.1 Å². The minimum atomic E-state index is -0.0704. The van der Waals surface area contributed by atoms with Gasteiger partial charge in [-0.15, -0.1) is 0 Å².